The van der Waals surface area contributed by atoms with Gasteiger partial charge in [0.25, 0.3) is 0 Å². The molecule has 1 unspecified atom stereocenters. The van der Waals surface area contributed by atoms with Crippen LogP contribution in [-0.2, 0) is 4.74 Å². The molecule has 1 atom stereocenters. The SMILES string of the molecule is Clc1cccc(C2CCCO2)c1Cl. The molecule has 0 N–H and O–H groups in total. The van der Waals surface area contributed by atoms with Crippen LogP contribution in [0.4, 0.5) is 0 Å². The van der Waals surface area contributed by atoms with Gasteiger partial charge in [-0.1, -0.05) is 35.3 Å². The van der Waals surface area contributed by atoms with Gasteiger partial charge in [-0.3, -0.25) is 0 Å². The first kappa shape index (κ1) is 9.32. The molecule has 1 aliphatic heterocycles. The van der Waals surface area contributed by atoms with Crippen molar-refractivity contribution < 1.29 is 4.74 Å². The molecule has 1 heterocycles. The van der Waals surface area contributed by atoms with E-state index in [0.29, 0.717) is 10.0 Å². The third kappa shape index (κ3) is 1.83. The summed E-state index contributed by atoms with van der Waals surface area (Å²) < 4.78 is 5.53. The van der Waals surface area contributed by atoms with E-state index in [9.17, 15) is 0 Å². The van der Waals surface area contributed by atoms with Gasteiger partial charge in [-0.05, 0) is 18.9 Å². The van der Waals surface area contributed by atoms with Crippen LogP contribution in [0.15, 0.2) is 18.2 Å². The first-order valence-electron chi connectivity index (χ1n) is 4.34. The van der Waals surface area contributed by atoms with Gasteiger partial charge < -0.3 is 4.74 Å². The van der Waals surface area contributed by atoms with Gasteiger partial charge in [0, 0.05) is 12.2 Å². The van der Waals surface area contributed by atoms with Crippen LogP contribution in [0.1, 0.15) is 24.5 Å². The average molecular weight is 217 g/mol. The lowest BCUT2D eigenvalue weighted by Gasteiger charge is -2.11. The maximum Gasteiger partial charge on any atom is 0.0840 e. The molecule has 0 bridgehead atoms. The zero-order valence-electron chi connectivity index (χ0n) is 7.09. The van der Waals surface area contributed by atoms with E-state index >= 15 is 0 Å². The summed E-state index contributed by atoms with van der Waals surface area (Å²) in [6, 6.07) is 5.68. The van der Waals surface area contributed by atoms with Crippen molar-refractivity contribution in [2.24, 2.45) is 0 Å². The Balaban J connectivity index is 2.33. The van der Waals surface area contributed by atoms with Crippen LogP contribution in [0.3, 0.4) is 0 Å². The van der Waals surface area contributed by atoms with Crippen molar-refractivity contribution in [3.63, 3.8) is 0 Å². The highest BCUT2D eigenvalue weighted by Crippen LogP contribution is 2.36. The summed E-state index contributed by atoms with van der Waals surface area (Å²) in [5.74, 6) is 0. The number of ether oxygens (including phenoxy) is 1. The molecule has 0 spiro atoms. The van der Waals surface area contributed by atoms with Crippen molar-refractivity contribution in [1.29, 1.82) is 0 Å². The Labute approximate surface area is 87.6 Å². The lowest BCUT2D eigenvalue weighted by molar-refractivity contribution is 0.112. The van der Waals surface area contributed by atoms with Gasteiger partial charge in [-0.25, -0.2) is 0 Å². The average Bonchev–Trinajstić information content (AvgIpc) is 2.62. The second-order valence-corrected chi connectivity index (χ2v) is 3.93. The molecular weight excluding hydrogens is 207 g/mol. The van der Waals surface area contributed by atoms with E-state index in [2.05, 4.69) is 0 Å². The molecule has 1 aromatic rings. The highest BCUT2D eigenvalue weighted by molar-refractivity contribution is 6.42. The first-order valence-corrected chi connectivity index (χ1v) is 5.10. The summed E-state index contributed by atoms with van der Waals surface area (Å²) in [7, 11) is 0. The standard InChI is InChI=1S/C10H10Cl2O/c11-8-4-1-3-7(10(8)12)9-5-2-6-13-9/h1,3-4,9H,2,5-6H2. The molecule has 1 nitrogen and oxygen atoms in total. The minimum Gasteiger partial charge on any atom is -0.373 e. The molecule has 2 rings (SSSR count). The number of benzene rings is 1. The molecule has 0 radical (unpaired) electrons. The fraction of sp³-hybridized carbons (Fsp3) is 0.400. The van der Waals surface area contributed by atoms with Gasteiger partial charge in [0.1, 0.15) is 0 Å². The summed E-state index contributed by atoms with van der Waals surface area (Å²) in [4.78, 5) is 0. The summed E-state index contributed by atoms with van der Waals surface area (Å²) in [6.07, 6.45) is 2.29. The van der Waals surface area contributed by atoms with E-state index in [1.54, 1.807) is 6.07 Å². The molecule has 1 aliphatic rings. The molecule has 0 amide bonds. The highest BCUT2D eigenvalue weighted by Gasteiger charge is 2.20. The van der Waals surface area contributed by atoms with Gasteiger partial charge >= 0.3 is 0 Å². The van der Waals surface area contributed by atoms with Gasteiger partial charge in [0.2, 0.25) is 0 Å². The van der Waals surface area contributed by atoms with Crippen LogP contribution in [-0.4, -0.2) is 6.61 Å². The number of rotatable bonds is 1. The number of hydrogen-bond acceptors (Lipinski definition) is 1. The topological polar surface area (TPSA) is 9.23 Å². The maximum atomic E-state index is 6.06. The minimum absolute atomic E-state index is 0.145. The lowest BCUT2D eigenvalue weighted by atomic mass is 10.1. The Hall–Kier alpha value is -0.240. The number of halogens is 2. The van der Waals surface area contributed by atoms with Crippen LogP contribution < -0.4 is 0 Å². The van der Waals surface area contributed by atoms with Crippen molar-refractivity contribution in [3.05, 3.63) is 33.8 Å². The first-order chi connectivity index (χ1) is 6.29. The summed E-state index contributed by atoms with van der Waals surface area (Å²) in [5.41, 5.74) is 1.02. The second kappa shape index (κ2) is 3.87. The zero-order chi connectivity index (χ0) is 9.26. The molecule has 1 fully saturated rings. The van der Waals surface area contributed by atoms with E-state index in [0.717, 1.165) is 25.0 Å². The van der Waals surface area contributed by atoms with Crippen molar-refractivity contribution >= 4 is 23.2 Å². The minimum atomic E-state index is 0.145. The Morgan fingerprint density at radius 3 is 2.85 bits per heavy atom. The fourth-order valence-electron chi connectivity index (χ4n) is 1.59. The molecule has 0 saturated carbocycles. The molecule has 1 saturated heterocycles. The molecule has 3 heteroatoms. The third-order valence-corrected chi connectivity index (χ3v) is 3.09. The maximum absolute atomic E-state index is 6.06. The summed E-state index contributed by atoms with van der Waals surface area (Å²) in [5, 5.41) is 1.24. The fourth-order valence-corrected chi connectivity index (χ4v) is 2.02. The van der Waals surface area contributed by atoms with Crippen LogP contribution in [0.5, 0.6) is 0 Å². The highest BCUT2D eigenvalue weighted by atomic mass is 35.5. The van der Waals surface area contributed by atoms with Crippen LogP contribution in [0.25, 0.3) is 0 Å². The molecular formula is C10H10Cl2O. The predicted octanol–water partition coefficient (Wildman–Crippen LogP) is 3.84. The largest absolute Gasteiger partial charge is 0.373 e. The predicted molar refractivity (Wildman–Crippen MR) is 54.4 cm³/mol. The molecule has 0 aliphatic carbocycles. The molecule has 0 aromatic heterocycles. The van der Waals surface area contributed by atoms with Crippen molar-refractivity contribution in [3.8, 4) is 0 Å². The van der Waals surface area contributed by atoms with E-state index in [4.69, 9.17) is 27.9 Å². The van der Waals surface area contributed by atoms with Crippen molar-refractivity contribution in [1.82, 2.24) is 0 Å². The Morgan fingerprint density at radius 2 is 2.15 bits per heavy atom. The third-order valence-electron chi connectivity index (χ3n) is 2.26. The molecule has 1 aromatic carbocycles. The Bertz CT molecular complexity index is 306. The Kier molecular flexibility index (Phi) is 2.77. The number of hydrogen-bond donors (Lipinski definition) is 0. The molecule has 13 heavy (non-hydrogen) atoms. The van der Waals surface area contributed by atoms with E-state index in [1.165, 1.54) is 0 Å². The van der Waals surface area contributed by atoms with Gasteiger partial charge in [0.15, 0.2) is 0 Å². The lowest BCUT2D eigenvalue weighted by Crippen LogP contribution is -1.96. The van der Waals surface area contributed by atoms with E-state index in [1.807, 2.05) is 12.1 Å². The van der Waals surface area contributed by atoms with Gasteiger partial charge in [-0.2, -0.15) is 0 Å². The second-order valence-electron chi connectivity index (χ2n) is 3.14. The van der Waals surface area contributed by atoms with Crippen LogP contribution in [0.2, 0.25) is 10.0 Å². The van der Waals surface area contributed by atoms with Gasteiger partial charge in [-0.15, -0.1) is 0 Å². The molecule has 70 valence electrons. The smallest absolute Gasteiger partial charge is 0.0840 e. The summed E-state index contributed by atoms with van der Waals surface area (Å²) >= 11 is 12.0. The van der Waals surface area contributed by atoms with Crippen molar-refractivity contribution in [2.45, 2.75) is 18.9 Å². The Morgan fingerprint density at radius 1 is 1.31 bits per heavy atom. The van der Waals surface area contributed by atoms with Crippen molar-refractivity contribution in [2.75, 3.05) is 6.61 Å². The van der Waals surface area contributed by atoms with E-state index in [-0.39, 0.29) is 6.10 Å². The zero-order valence-corrected chi connectivity index (χ0v) is 8.61. The van der Waals surface area contributed by atoms with Gasteiger partial charge in [0.05, 0.1) is 16.1 Å². The summed E-state index contributed by atoms with van der Waals surface area (Å²) in [6.45, 7) is 0.827. The quantitative estimate of drug-likeness (QED) is 0.694. The van der Waals surface area contributed by atoms with E-state index < -0.39 is 0 Å². The van der Waals surface area contributed by atoms with Crippen LogP contribution >= 0.6 is 23.2 Å². The normalized spacial score (nSPS) is 22.2. The van der Waals surface area contributed by atoms with Crippen LogP contribution in [0, 0.1) is 0 Å². The monoisotopic (exact) mass is 216 g/mol.